The minimum absolute atomic E-state index is 0.112. The van der Waals surface area contributed by atoms with Crippen LogP contribution in [0.5, 0.6) is 0 Å². The zero-order valence-electron chi connectivity index (χ0n) is 22.1. The zero-order chi connectivity index (χ0) is 31.5. The summed E-state index contributed by atoms with van der Waals surface area (Å²) in [5, 5.41) is 0.886. The van der Waals surface area contributed by atoms with Gasteiger partial charge >= 0.3 is 0 Å². The number of amides is 1. The van der Waals surface area contributed by atoms with Gasteiger partial charge in [-0.15, -0.1) is 0 Å². The molecule has 0 bridgehead atoms. The molecule has 3 heterocycles. The third-order valence-electron chi connectivity index (χ3n) is 5.73. The van der Waals surface area contributed by atoms with Gasteiger partial charge in [0.15, 0.2) is 17.5 Å². The smallest absolute Gasteiger partial charge is 0.293 e. The Labute approximate surface area is 291 Å². The van der Waals surface area contributed by atoms with E-state index in [2.05, 4.69) is 19.7 Å². The molecule has 0 aliphatic carbocycles. The number of benzene rings is 2. The molecule has 0 radical (unpaired) electrons. The quantitative estimate of drug-likeness (QED) is 0.0841. The van der Waals surface area contributed by atoms with Crippen molar-refractivity contribution in [1.82, 2.24) is 19.9 Å². The molecule has 0 N–H and O–H groups in total. The second-order valence-corrected chi connectivity index (χ2v) is 16.0. The molecule has 8 nitrogen and oxygen atoms in total. The summed E-state index contributed by atoms with van der Waals surface area (Å²) in [6.07, 6.45) is 0. The lowest BCUT2D eigenvalue weighted by Gasteiger charge is -2.15. The molecule has 0 spiro atoms. The Kier molecular flexibility index (Phi) is 11.4. The third-order valence-corrected chi connectivity index (χ3v) is 9.55. The minimum Gasteiger partial charge on any atom is -0.466 e. The number of aromatic nitrogens is 3. The van der Waals surface area contributed by atoms with Gasteiger partial charge in [-0.2, -0.15) is 0 Å². The number of nitrogens with zero attached hydrogens (tertiary/aromatic N) is 5. The van der Waals surface area contributed by atoms with Gasteiger partial charge < -0.3 is 9.64 Å². The number of aryl methyl sites for hydroxylation is 1. The summed E-state index contributed by atoms with van der Waals surface area (Å²) < 4.78 is 1.43. The predicted molar refractivity (Wildman–Crippen MR) is 180 cm³/mol. The van der Waals surface area contributed by atoms with Gasteiger partial charge in [-0.05, 0) is 19.1 Å². The maximum absolute atomic E-state index is 12.6. The van der Waals surface area contributed by atoms with E-state index in [0.717, 1.165) is 21.2 Å². The van der Waals surface area contributed by atoms with Crippen LogP contribution in [0.25, 0.3) is 11.4 Å². The summed E-state index contributed by atoms with van der Waals surface area (Å²) >= 11 is 43.0. The van der Waals surface area contributed by atoms with Crippen LogP contribution in [0.15, 0.2) is 63.4 Å². The third kappa shape index (κ3) is 8.39. The molecule has 43 heavy (non-hydrogen) atoms. The Bertz CT molecular complexity index is 1550. The largest absolute Gasteiger partial charge is 0.466 e. The SMILES string of the molecule is CN1/C(=C2\SC(=S)N(CCOC=O)C2=O)Sc2ccccc21.Cc1ccc(-c2nc(C(Cl)(Cl)Cl)nc(C(Cl)(Cl)Cl)n2)cc1. The number of ether oxygens (including phenoxy) is 1. The molecule has 2 aliphatic rings. The maximum atomic E-state index is 12.6. The first-order chi connectivity index (χ1) is 20.2. The van der Waals surface area contributed by atoms with Crippen molar-refractivity contribution in [1.29, 1.82) is 0 Å². The number of anilines is 1. The van der Waals surface area contributed by atoms with E-state index in [9.17, 15) is 9.59 Å². The van der Waals surface area contributed by atoms with E-state index >= 15 is 0 Å². The van der Waals surface area contributed by atoms with E-state index in [0.29, 0.717) is 21.3 Å². The normalized spacial score (nSPS) is 16.7. The van der Waals surface area contributed by atoms with Crippen LogP contribution in [0.4, 0.5) is 5.69 Å². The van der Waals surface area contributed by atoms with Gasteiger partial charge in [-0.1, -0.05) is 147 Å². The summed E-state index contributed by atoms with van der Waals surface area (Å²) in [6.45, 7) is 2.74. The van der Waals surface area contributed by atoms with E-state index in [4.69, 9.17) is 81.8 Å². The second kappa shape index (κ2) is 14.3. The monoisotopic (exact) mass is 755 g/mol. The molecule has 0 unspecified atom stereocenters. The highest BCUT2D eigenvalue weighted by Gasteiger charge is 2.38. The minimum atomic E-state index is -1.85. The Hall–Kier alpha value is -1.54. The highest BCUT2D eigenvalue weighted by Crippen LogP contribution is 2.49. The van der Waals surface area contributed by atoms with Gasteiger partial charge in [0.25, 0.3) is 12.4 Å². The number of halogens is 6. The van der Waals surface area contributed by atoms with Crippen LogP contribution in [0.3, 0.4) is 0 Å². The van der Waals surface area contributed by atoms with Crippen molar-refractivity contribution in [3.63, 3.8) is 0 Å². The van der Waals surface area contributed by atoms with Crippen LogP contribution in [-0.2, 0) is 21.9 Å². The van der Waals surface area contributed by atoms with E-state index in [1.54, 1.807) is 11.8 Å². The van der Waals surface area contributed by atoms with Crippen molar-refractivity contribution in [2.24, 2.45) is 0 Å². The number of thiocarbonyl (C=S) groups is 1. The molecule has 226 valence electrons. The van der Waals surface area contributed by atoms with Crippen molar-refractivity contribution in [2.45, 2.75) is 19.4 Å². The molecule has 1 aromatic heterocycles. The van der Waals surface area contributed by atoms with Gasteiger partial charge in [0.2, 0.25) is 7.59 Å². The molecule has 1 saturated heterocycles. The molecule has 0 atom stereocenters. The fourth-order valence-corrected chi connectivity index (χ4v) is 6.82. The summed E-state index contributed by atoms with van der Waals surface area (Å²) in [5.41, 5.74) is 2.85. The fourth-order valence-electron chi connectivity index (χ4n) is 3.67. The van der Waals surface area contributed by atoms with Crippen molar-refractivity contribution < 1.29 is 14.3 Å². The summed E-state index contributed by atoms with van der Waals surface area (Å²) in [6, 6.07) is 15.4. The highest BCUT2D eigenvalue weighted by molar-refractivity contribution is 8.27. The molecule has 1 amide bonds. The van der Waals surface area contributed by atoms with E-state index in [-0.39, 0.29) is 36.5 Å². The lowest BCUT2D eigenvalue weighted by Crippen LogP contribution is -2.32. The highest BCUT2D eigenvalue weighted by atomic mass is 35.6. The second-order valence-electron chi connectivity index (χ2n) is 8.72. The zero-order valence-corrected chi connectivity index (χ0v) is 29.0. The van der Waals surface area contributed by atoms with E-state index in [1.807, 2.05) is 67.4 Å². The molecule has 3 aromatic rings. The average molecular weight is 758 g/mol. The number of carbonyl (C=O) groups excluding carboxylic acids is 2. The Morgan fingerprint density at radius 1 is 0.930 bits per heavy atom. The van der Waals surface area contributed by atoms with Crippen molar-refractivity contribution >= 4 is 128 Å². The number of fused-ring (bicyclic) bond motifs is 1. The Morgan fingerprint density at radius 2 is 1.53 bits per heavy atom. The molecule has 2 aliphatic heterocycles. The number of alkyl halides is 6. The number of carbonyl (C=O) groups is 2. The van der Waals surface area contributed by atoms with Crippen LogP contribution >= 0.6 is 105 Å². The van der Waals surface area contributed by atoms with E-state index < -0.39 is 7.59 Å². The van der Waals surface area contributed by atoms with Crippen LogP contribution in [0, 0.1) is 6.92 Å². The lowest BCUT2D eigenvalue weighted by molar-refractivity contribution is -0.130. The standard InChI is InChI=1S/C14H12N2O3S3.C12H7Cl6N3/c1-15-9-4-2-3-5-10(9)21-13(15)11-12(18)16(14(20)22-11)6-7-19-8-17;1-6-2-4-7(5-3-6)8-19-9(11(13,14)15)21-10(20-8)12(16,17)18/h2-5,8H,6-7H2,1H3;2-5H,1H3/b13-11+;. The summed E-state index contributed by atoms with van der Waals surface area (Å²) in [4.78, 5) is 40.2. The first-order valence-corrected chi connectivity index (χ1v) is 16.3. The number of rotatable bonds is 5. The average Bonchev–Trinajstić information content (AvgIpc) is 3.43. The number of para-hydroxylation sites is 1. The molecule has 5 rings (SSSR count). The number of thioether (sulfide) groups is 2. The van der Waals surface area contributed by atoms with Gasteiger partial charge in [-0.25, -0.2) is 15.0 Å². The van der Waals surface area contributed by atoms with Gasteiger partial charge in [0.1, 0.15) is 15.8 Å². The van der Waals surface area contributed by atoms with Gasteiger partial charge in [-0.3, -0.25) is 14.5 Å². The molecule has 17 heteroatoms. The van der Waals surface area contributed by atoms with Crippen LogP contribution in [0.1, 0.15) is 17.2 Å². The van der Waals surface area contributed by atoms with E-state index in [1.165, 1.54) is 16.7 Å². The first kappa shape index (κ1) is 34.3. The van der Waals surface area contributed by atoms with Gasteiger partial charge in [0.05, 0.1) is 17.3 Å². The van der Waals surface area contributed by atoms with Crippen LogP contribution in [-0.4, -0.2) is 56.8 Å². The molecular formula is C26H19Cl6N5O3S3. The van der Waals surface area contributed by atoms with Crippen molar-refractivity contribution in [3.05, 3.63) is 75.7 Å². The molecule has 0 saturated carbocycles. The van der Waals surface area contributed by atoms with Crippen LogP contribution in [0.2, 0.25) is 0 Å². The predicted octanol–water partition coefficient (Wildman–Crippen LogP) is 7.93. The van der Waals surface area contributed by atoms with Crippen molar-refractivity contribution in [2.75, 3.05) is 25.1 Å². The number of hydrogen-bond acceptors (Lipinski definition) is 10. The Morgan fingerprint density at radius 3 is 2.09 bits per heavy atom. The summed E-state index contributed by atoms with van der Waals surface area (Å²) in [7, 11) is 1.94. The number of hydrogen-bond donors (Lipinski definition) is 0. The fraction of sp³-hybridized carbons (Fsp3) is 0.231. The maximum Gasteiger partial charge on any atom is 0.293 e. The molecule has 1 fully saturated rings. The lowest BCUT2D eigenvalue weighted by atomic mass is 10.1. The topological polar surface area (TPSA) is 88.5 Å². The van der Waals surface area contributed by atoms with Gasteiger partial charge in [0, 0.05) is 17.5 Å². The first-order valence-electron chi connectivity index (χ1n) is 12.0. The van der Waals surface area contributed by atoms with Crippen molar-refractivity contribution in [3.8, 4) is 11.4 Å². The Balaban J connectivity index is 0.000000197. The molecular weight excluding hydrogens is 739 g/mol. The van der Waals surface area contributed by atoms with Crippen LogP contribution < -0.4 is 4.90 Å². The summed E-state index contributed by atoms with van der Waals surface area (Å²) in [5.74, 6) is -0.0990. The molecule has 2 aromatic carbocycles.